The fourth-order valence-corrected chi connectivity index (χ4v) is 5.05. The summed E-state index contributed by atoms with van der Waals surface area (Å²) in [6, 6.07) is 5.41. The van der Waals surface area contributed by atoms with Crippen molar-refractivity contribution in [3.05, 3.63) is 53.1 Å². The standard InChI is InChI=1S/C26H31NO5/c1-4-5-6-7-12-21(28)24(30)27-25-20-14-13-17(16(2)3)15-22(20)32-26(25,31)19-11-9-8-10-18(19)23(25)29/h8-9,11,13-16,18,31H,4-7,10,12H2,1-3H3,(H,27,30). The van der Waals surface area contributed by atoms with Crippen molar-refractivity contribution in [1.29, 1.82) is 0 Å². The molecule has 1 aliphatic heterocycles. The highest BCUT2D eigenvalue weighted by Crippen LogP contribution is 2.59. The van der Waals surface area contributed by atoms with Gasteiger partial charge in [-0.2, -0.15) is 0 Å². The Morgan fingerprint density at radius 3 is 2.75 bits per heavy atom. The molecule has 1 amide bonds. The van der Waals surface area contributed by atoms with E-state index in [2.05, 4.69) is 12.2 Å². The lowest BCUT2D eigenvalue weighted by atomic mass is 9.82. The van der Waals surface area contributed by atoms with E-state index in [1.807, 2.05) is 26.0 Å². The molecular weight excluding hydrogens is 406 g/mol. The minimum absolute atomic E-state index is 0.113. The average Bonchev–Trinajstić information content (AvgIpc) is 3.13. The summed E-state index contributed by atoms with van der Waals surface area (Å²) >= 11 is 0. The number of carbonyl (C=O) groups excluding carboxylic acids is 3. The molecule has 3 aliphatic rings. The fourth-order valence-electron chi connectivity index (χ4n) is 5.05. The maximum absolute atomic E-state index is 13.7. The van der Waals surface area contributed by atoms with Crippen molar-refractivity contribution < 1.29 is 24.2 Å². The molecule has 2 aliphatic carbocycles. The molecule has 0 spiro atoms. The van der Waals surface area contributed by atoms with Gasteiger partial charge in [0.15, 0.2) is 11.3 Å². The van der Waals surface area contributed by atoms with Crippen molar-refractivity contribution in [1.82, 2.24) is 5.32 Å². The predicted octanol–water partition coefficient (Wildman–Crippen LogP) is 3.83. The molecule has 6 heteroatoms. The van der Waals surface area contributed by atoms with Gasteiger partial charge in [0.2, 0.25) is 5.78 Å². The first-order valence-corrected chi connectivity index (χ1v) is 11.6. The number of aliphatic hydroxyl groups is 1. The van der Waals surface area contributed by atoms with Gasteiger partial charge in [0, 0.05) is 17.6 Å². The van der Waals surface area contributed by atoms with Gasteiger partial charge in [-0.25, -0.2) is 0 Å². The molecule has 1 saturated carbocycles. The zero-order valence-electron chi connectivity index (χ0n) is 18.9. The lowest BCUT2D eigenvalue weighted by molar-refractivity contribution is -0.161. The van der Waals surface area contributed by atoms with Crippen LogP contribution in [-0.2, 0) is 19.9 Å². The molecule has 1 heterocycles. The number of carbonyl (C=O) groups is 3. The topological polar surface area (TPSA) is 92.7 Å². The first kappa shape index (κ1) is 22.5. The van der Waals surface area contributed by atoms with Gasteiger partial charge >= 0.3 is 0 Å². The Bertz CT molecular complexity index is 1020. The van der Waals surface area contributed by atoms with Crippen molar-refractivity contribution in [3.8, 4) is 5.75 Å². The molecular formula is C26H31NO5. The molecule has 170 valence electrons. The normalized spacial score (nSPS) is 27.5. The van der Waals surface area contributed by atoms with E-state index in [9.17, 15) is 19.5 Å². The van der Waals surface area contributed by atoms with E-state index >= 15 is 0 Å². The maximum atomic E-state index is 13.7. The smallest absolute Gasteiger partial charge is 0.288 e. The number of Topliss-reactive ketones (excluding diaryl/α,β-unsaturated/α-hetero) is 2. The van der Waals surface area contributed by atoms with Crippen LogP contribution in [0.3, 0.4) is 0 Å². The number of rotatable bonds is 8. The van der Waals surface area contributed by atoms with Crippen molar-refractivity contribution >= 4 is 17.5 Å². The monoisotopic (exact) mass is 437 g/mol. The second-order valence-corrected chi connectivity index (χ2v) is 9.30. The minimum Gasteiger partial charge on any atom is -0.455 e. The lowest BCUT2D eigenvalue weighted by Gasteiger charge is -2.34. The summed E-state index contributed by atoms with van der Waals surface area (Å²) in [5.41, 5.74) is -0.0292. The molecule has 0 radical (unpaired) electrons. The summed E-state index contributed by atoms with van der Waals surface area (Å²) in [4.78, 5) is 39.3. The molecule has 0 aromatic heterocycles. The number of amides is 1. The molecule has 6 nitrogen and oxygen atoms in total. The Hall–Kier alpha value is -2.73. The Morgan fingerprint density at radius 1 is 1.25 bits per heavy atom. The van der Waals surface area contributed by atoms with E-state index < -0.39 is 28.9 Å². The predicted molar refractivity (Wildman–Crippen MR) is 120 cm³/mol. The molecule has 0 bridgehead atoms. The zero-order valence-corrected chi connectivity index (χ0v) is 18.9. The second kappa shape index (κ2) is 8.32. The van der Waals surface area contributed by atoms with Crippen LogP contribution in [0.15, 0.2) is 42.0 Å². The van der Waals surface area contributed by atoms with Gasteiger partial charge in [-0.05, 0) is 30.4 Å². The lowest BCUT2D eigenvalue weighted by Crippen LogP contribution is -2.63. The van der Waals surface area contributed by atoms with Gasteiger partial charge in [-0.3, -0.25) is 14.4 Å². The molecule has 0 saturated heterocycles. The first-order chi connectivity index (χ1) is 15.3. The Morgan fingerprint density at radius 2 is 2.03 bits per heavy atom. The molecule has 1 fully saturated rings. The molecule has 1 aromatic carbocycles. The highest BCUT2D eigenvalue weighted by molar-refractivity contribution is 6.37. The van der Waals surface area contributed by atoms with Crippen LogP contribution in [0.2, 0.25) is 0 Å². The van der Waals surface area contributed by atoms with E-state index in [1.54, 1.807) is 24.3 Å². The van der Waals surface area contributed by atoms with E-state index in [-0.39, 0.29) is 18.1 Å². The van der Waals surface area contributed by atoms with Crippen LogP contribution < -0.4 is 10.1 Å². The third kappa shape index (κ3) is 3.24. The van der Waals surface area contributed by atoms with Crippen LogP contribution in [0.1, 0.15) is 76.3 Å². The number of ether oxygens (including phenoxy) is 1. The number of hydrogen-bond acceptors (Lipinski definition) is 5. The van der Waals surface area contributed by atoms with E-state index in [1.165, 1.54) is 0 Å². The summed E-state index contributed by atoms with van der Waals surface area (Å²) in [5, 5.41) is 14.5. The number of unbranched alkanes of at least 4 members (excludes halogenated alkanes) is 3. The molecule has 1 aromatic rings. The van der Waals surface area contributed by atoms with Gasteiger partial charge in [0.1, 0.15) is 5.75 Å². The summed E-state index contributed by atoms with van der Waals surface area (Å²) < 4.78 is 6.05. The van der Waals surface area contributed by atoms with Crippen LogP contribution in [0.4, 0.5) is 0 Å². The zero-order chi connectivity index (χ0) is 23.1. The van der Waals surface area contributed by atoms with Gasteiger partial charge in [0.05, 0.1) is 5.92 Å². The van der Waals surface area contributed by atoms with Gasteiger partial charge < -0.3 is 15.2 Å². The minimum atomic E-state index is -2.06. The summed E-state index contributed by atoms with van der Waals surface area (Å²) in [5.74, 6) is -3.88. The van der Waals surface area contributed by atoms with Crippen LogP contribution >= 0.6 is 0 Å². The largest absolute Gasteiger partial charge is 0.455 e. The number of benzene rings is 1. The molecule has 32 heavy (non-hydrogen) atoms. The van der Waals surface area contributed by atoms with Crippen LogP contribution in [0.5, 0.6) is 5.75 Å². The molecule has 4 rings (SSSR count). The van der Waals surface area contributed by atoms with Crippen molar-refractivity contribution in [2.75, 3.05) is 0 Å². The van der Waals surface area contributed by atoms with E-state index in [0.717, 1.165) is 24.8 Å². The Balaban J connectivity index is 1.73. The molecule has 2 N–H and O–H groups in total. The fraction of sp³-hybridized carbons (Fsp3) is 0.500. The summed E-state index contributed by atoms with van der Waals surface area (Å²) in [7, 11) is 0. The number of hydrogen-bond donors (Lipinski definition) is 2. The maximum Gasteiger partial charge on any atom is 0.288 e. The highest BCUT2D eigenvalue weighted by Gasteiger charge is 2.74. The van der Waals surface area contributed by atoms with E-state index in [0.29, 0.717) is 29.7 Å². The number of fused-ring (bicyclic) bond motifs is 5. The van der Waals surface area contributed by atoms with Crippen LogP contribution in [-0.4, -0.2) is 28.4 Å². The van der Waals surface area contributed by atoms with E-state index in [4.69, 9.17) is 4.74 Å². The van der Waals surface area contributed by atoms with Crippen molar-refractivity contribution in [3.63, 3.8) is 0 Å². The Labute approximate surface area is 188 Å². The van der Waals surface area contributed by atoms with Gasteiger partial charge in [-0.1, -0.05) is 70.4 Å². The number of allylic oxidation sites excluding steroid dienone is 3. The van der Waals surface area contributed by atoms with Crippen LogP contribution in [0, 0.1) is 5.92 Å². The summed E-state index contributed by atoms with van der Waals surface area (Å²) in [6.07, 6.45) is 9.36. The van der Waals surface area contributed by atoms with Crippen LogP contribution in [0.25, 0.3) is 0 Å². The van der Waals surface area contributed by atoms with Crippen molar-refractivity contribution in [2.24, 2.45) is 5.92 Å². The second-order valence-electron chi connectivity index (χ2n) is 9.30. The Kier molecular flexibility index (Phi) is 5.84. The molecule has 3 atom stereocenters. The third-order valence-electron chi connectivity index (χ3n) is 6.89. The van der Waals surface area contributed by atoms with Crippen molar-refractivity contribution in [2.45, 2.75) is 76.5 Å². The first-order valence-electron chi connectivity index (χ1n) is 11.6. The highest BCUT2D eigenvalue weighted by atomic mass is 16.6. The summed E-state index contributed by atoms with van der Waals surface area (Å²) in [6.45, 7) is 6.15. The van der Waals surface area contributed by atoms with Gasteiger partial charge in [0.25, 0.3) is 11.7 Å². The average molecular weight is 438 g/mol. The van der Waals surface area contributed by atoms with Gasteiger partial charge in [-0.15, -0.1) is 0 Å². The number of nitrogens with one attached hydrogen (secondary N) is 1. The third-order valence-corrected chi connectivity index (χ3v) is 6.89. The quantitative estimate of drug-likeness (QED) is 0.476. The SMILES string of the molecule is CCCCCCC(=O)C(=O)NC12C(=O)C3CC=CC=C3C1(O)Oc1cc(C(C)C)ccc12. The molecule has 3 unspecified atom stereocenters. The number of ketones is 2.